The maximum absolute atomic E-state index is 13.0. The van der Waals surface area contributed by atoms with Crippen LogP contribution in [0.4, 0.5) is 0 Å². The zero-order valence-electron chi connectivity index (χ0n) is 13.3. The van der Waals surface area contributed by atoms with Gasteiger partial charge in [-0.15, -0.1) is 0 Å². The van der Waals surface area contributed by atoms with Crippen molar-refractivity contribution in [2.24, 2.45) is 11.8 Å². The Labute approximate surface area is 127 Å². The summed E-state index contributed by atoms with van der Waals surface area (Å²) in [5.74, 6) is 1.26. The molecule has 0 aromatic heterocycles. The van der Waals surface area contributed by atoms with Crippen LogP contribution < -0.4 is 5.32 Å². The first-order valence-corrected chi connectivity index (χ1v) is 8.70. The second kappa shape index (κ2) is 5.98. The van der Waals surface area contributed by atoms with E-state index < -0.39 is 0 Å². The molecule has 1 N–H and O–H groups in total. The summed E-state index contributed by atoms with van der Waals surface area (Å²) in [4.78, 5) is 27.3. The second-order valence-corrected chi connectivity index (χ2v) is 7.38. The lowest BCUT2D eigenvalue weighted by molar-refractivity contribution is -0.153. The van der Waals surface area contributed by atoms with Crippen LogP contribution in [0.5, 0.6) is 0 Å². The van der Waals surface area contributed by atoms with E-state index in [9.17, 15) is 9.59 Å². The summed E-state index contributed by atoms with van der Waals surface area (Å²) < 4.78 is 0. The Hall–Kier alpha value is -1.06. The van der Waals surface area contributed by atoms with E-state index in [1.807, 2.05) is 11.8 Å². The predicted octanol–water partition coefficient (Wildman–Crippen LogP) is 2.47. The van der Waals surface area contributed by atoms with Crippen LogP contribution in [0.15, 0.2) is 0 Å². The lowest BCUT2D eigenvalue weighted by atomic mass is 9.82. The first-order chi connectivity index (χ1) is 10.1. The van der Waals surface area contributed by atoms with Gasteiger partial charge in [-0.2, -0.15) is 0 Å². The molecule has 0 aromatic carbocycles. The van der Waals surface area contributed by atoms with Gasteiger partial charge in [0, 0.05) is 6.04 Å². The smallest absolute Gasteiger partial charge is 0.246 e. The number of amides is 2. The van der Waals surface area contributed by atoms with E-state index in [1.165, 1.54) is 25.7 Å². The lowest BCUT2D eigenvalue weighted by Crippen LogP contribution is -2.66. The van der Waals surface area contributed by atoms with Gasteiger partial charge in [0.1, 0.15) is 12.1 Å². The maximum Gasteiger partial charge on any atom is 0.246 e. The number of piperazine rings is 1. The zero-order chi connectivity index (χ0) is 15.0. The highest BCUT2D eigenvalue weighted by Crippen LogP contribution is 2.34. The van der Waals surface area contributed by atoms with E-state index in [2.05, 4.69) is 12.2 Å². The van der Waals surface area contributed by atoms with Gasteiger partial charge in [0.05, 0.1) is 0 Å². The molecule has 0 bridgehead atoms. The van der Waals surface area contributed by atoms with Crippen molar-refractivity contribution in [1.82, 2.24) is 10.2 Å². The molecule has 2 saturated carbocycles. The molecule has 3 fully saturated rings. The molecule has 4 nitrogen and oxygen atoms in total. The van der Waals surface area contributed by atoms with E-state index in [-0.39, 0.29) is 29.9 Å². The Bertz CT molecular complexity index is 417. The fourth-order valence-corrected chi connectivity index (χ4v) is 4.53. The van der Waals surface area contributed by atoms with Crippen molar-refractivity contribution < 1.29 is 9.59 Å². The van der Waals surface area contributed by atoms with Crippen LogP contribution in [0.2, 0.25) is 0 Å². The minimum Gasteiger partial charge on any atom is -0.342 e. The number of carbonyl (C=O) groups excluding carboxylic acids is 2. The molecule has 3 aliphatic rings. The third kappa shape index (κ3) is 2.82. The minimum absolute atomic E-state index is 0.0460. The number of hydrogen-bond donors (Lipinski definition) is 1. The van der Waals surface area contributed by atoms with Crippen LogP contribution in [0, 0.1) is 11.8 Å². The molecule has 3 rings (SSSR count). The van der Waals surface area contributed by atoms with E-state index in [4.69, 9.17) is 0 Å². The molecule has 4 heteroatoms. The molecular formula is C17H28N2O2. The molecule has 0 aromatic rings. The van der Waals surface area contributed by atoms with Crippen molar-refractivity contribution >= 4 is 11.8 Å². The van der Waals surface area contributed by atoms with Crippen LogP contribution >= 0.6 is 0 Å². The summed E-state index contributed by atoms with van der Waals surface area (Å²) in [5, 5.41) is 3.02. The number of rotatable bonds is 2. The van der Waals surface area contributed by atoms with Gasteiger partial charge < -0.3 is 10.2 Å². The monoisotopic (exact) mass is 292 g/mol. The molecule has 0 spiro atoms. The molecule has 4 atom stereocenters. The largest absolute Gasteiger partial charge is 0.342 e. The van der Waals surface area contributed by atoms with Gasteiger partial charge >= 0.3 is 0 Å². The van der Waals surface area contributed by atoms with Crippen LogP contribution in [-0.4, -0.2) is 34.8 Å². The summed E-state index contributed by atoms with van der Waals surface area (Å²) >= 11 is 0. The van der Waals surface area contributed by atoms with Crippen LogP contribution in [0.3, 0.4) is 0 Å². The van der Waals surface area contributed by atoms with Crippen LogP contribution in [-0.2, 0) is 9.59 Å². The summed E-state index contributed by atoms with van der Waals surface area (Å²) in [6.07, 6.45) is 9.12. The Morgan fingerprint density at radius 2 is 1.71 bits per heavy atom. The SMILES string of the molecule is CC1CCC(N2C(=O)C(C3CCCCC3)NC(=O)C2C)C1. The number of nitrogens with zero attached hydrogens (tertiary/aromatic N) is 1. The number of hydrogen-bond acceptors (Lipinski definition) is 2. The van der Waals surface area contributed by atoms with Gasteiger partial charge in [-0.05, 0) is 50.9 Å². The van der Waals surface area contributed by atoms with Crippen molar-refractivity contribution in [3.05, 3.63) is 0 Å². The van der Waals surface area contributed by atoms with Gasteiger partial charge in [-0.3, -0.25) is 9.59 Å². The third-order valence-electron chi connectivity index (χ3n) is 5.80. The molecule has 21 heavy (non-hydrogen) atoms. The highest BCUT2D eigenvalue weighted by Gasteiger charge is 2.45. The van der Waals surface area contributed by atoms with Crippen molar-refractivity contribution in [2.45, 2.75) is 83.3 Å². The van der Waals surface area contributed by atoms with Crippen molar-refractivity contribution in [3.8, 4) is 0 Å². The van der Waals surface area contributed by atoms with Crippen LogP contribution in [0.25, 0.3) is 0 Å². The van der Waals surface area contributed by atoms with Gasteiger partial charge in [-0.1, -0.05) is 26.2 Å². The van der Waals surface area contributed by atoms with Gasteiger partial charge in [0.2, 0.25) is 11.8 Å². The molecule has 4 unspecified atom stereocenters. The third-order valence-corrected chi connectivity index (χ3v) is 5.80. The molecule has 2 amide bonds. The van der Waals surface area contributed by atoms with Gasteiger partial charge in [0.15, 0.2) is 0 Å². The summed E-state index contributed by atoms with van der Waals surface area (Å²) in [5.41, 5.74) is 0. The number of carbonyl (C=O) groups is 2. The molecule has 1 saturated heterocycles. The fraction of sp³-hybridized carbons (Fsp3) is 0.882. The first kappa shape index (κ1) is 14.9. The highest BCUT2D eigenvalue weighted by atomic mass is 16.2. The first-order valence-electron chi connectivity index (χ1n) is 8.70. The van der Waals surface area contributed by atoms with E-state index in [0.717, 1.165) is 25.7 Å². The van der Waals surface area contributed by atoms with Crippen LogP contribution in [0.1, 0.15) is 65.2 Å². The summed E-state index contributed by atoms with van der Waals surface area (Å²) in [6, 6.07) is -0.280. The molecule has 1 heterocycles. The van der Waals surface area contributed by atoms with E-state index >= 15 is 0 Å². The standard InChI is InChI=1S/C17H28N2O2/c1-11-8-9-14(10-11)19-12(2)16(20)18-15(17(19)21)13-6-4-3-5-7-13/h11-15H,3-10H2,1-2H3,(H,18,20). The topological polar surface area (TPSA) is 49.4 Å². The van der Waals surface area contributed by atoms with Crippen molar-refractivity contribution in [3.63, 3.8) is 0 Å². The molecular weight excluding hydrogens is 264 g/mol. The zero-order valence-corrected chi connectivity index (χ0v) is 13.3. The van der Waals surface area contributed by atoms with E-state index in [0.29, 0.717) is 11.8 Å². The Balaban J connectivity index is 1.77. The Morgan fingerprint density at radius 1 is 1.00 bits per heavy atom. The van der Waals surface area contributed by atoms with Gasteiger partial charge in [-0.25, -0.2) is 0 Å². The average molecular weight is 292 g/mol. The van der Waals surface area contributed by atoms with Crippen molar-refractivity contribution in [1.29, 1.82) is 0 Å². The lowest BCUT2D eigenvalue weighted by Gasteiger charge is -2.44. The Kier molecular flexibility index (Phi) is 4.23. The minimum atomic E-state index is -0.298. The van der Waals surface area contributed by atoms with E-state index in [1.54, 1.807) is 0 Å². The quantitative estimate of drug-likeness (QED) is 0.850. The van der Waals surface area contributed by atoms with Crippen molar-refractivity contribution in [2.75, 3.05) is 0 Å². The van der Waals surface area contributed by atoms with Gasteiger partial charge in [0.25, 0.3) is 0 Å². The fourth-order valence-electron chi connectivity index (χ4n) is 4.53. The molecule has 1 aliphatic heterocycles. The Morgan fingerprint density at radius 3 is 2.33 bits per heavy atom. The summed E-state index contributed by atoms with van der Waals surface area (Å²) in [7, 11) is 0. The predicted molar refractivity (Wildman–Crippen MR) is 81.6 cm³/mol. The second-order valence-electron chi connectivity index (χ2n) is 7.38. The average Bonchev–Trinajstić information content (AvgIpc) is 2.90. The molecule has 2 aliphatic carbocycles. The molecule has 118 valence electrons. The summed E-state index contributed by atoms with van der Waals surface area (Å²) in [6.45, 7) is 4.13. The maximum atomic E-state index is 13.0. The highest BCUT2D eigenvalue weighted by molar-refractivity contribution is 5.97. The molecule has 0 radical (unpaired) electrons. The normalized spacial score (nSPS) is 38.7. The number of nitrogens with one attached hydrogen (secondary N) is 1.